The summed E-state index contributed by atoms with van der Waals surface area (Å²) in [6, 6.07) is 11.3. The van der Waals surface area contributed by atoms with Crippen LogP contribution in [0.25, 0.3) is 0 Å². The van der Waals surface area contributed by atoms with Crippen molar-refractivity contribution in [2.24, 2.45) is 0 Å². The SMILES string of the molecule is CC(C)N(CCN(C)C)Cc1ccccc1. The molecule has 90 valence electrons. The van der Waals surface area contributed by atoms with Gasteiger partial charge in [0.05, 0.1) is 0 Å². The Balaban J connectivity index is 2.51. The summed E-state index contributed by atoms with van der Waals surface area (Å²) in [5, 5.41) is 0. The maximum atomic E-state index is 2.51. The Labute approximate surface area is 99.9 Å². The van der Waals surface area contributed by atoms with Gasteiger partial charge in [0.25, 0.3) is 0 Å². The predicted octanol–water partition coefficient (Wildman–Crippen LogP) is 2.46. The molecule has 0 radical (unpaired) electrons. The minimum Gasteiger partial charge on any atom is -0.308 e. The van der Waals surface area contributed by atoms with Gasteiger partial charge in [0.2, 0.25) is 0 Å². The van der Waals surface area contributed by atoms with Crippen LogP contribution in [-0.4, -0.2) is 43.0 Å². The van der Waals surface area contributed by atoms with Crippen molar-refractivity contribution in [3.63, 3.8) is 0 Å². The average molecular weight is 220 g/mol. The highest BCUT2D eigenvalue weighted by Crippen LogP contribution is 2.07. The summed E-state index contributed by atoms with van der Waals surface area (Å²) in [4.78, 5) is 4.75. The van der Waals surface area contributed by atoms with Crippen molar-refractivity contribution in [2.45, 2.75) is 26.4 Å². The van der Waals surface area contributed by atoms with Crippen LogP contribution < -0.4 is 0 Å². The van der Waals surface area contributed by atoms with E-state index in [0.29, 0.717) is 6.04 Å². The Bertz CT molecular complexity index is 280. The molecule has 1 aromatic carbocycles. The molecule has 1 rings (SSSR count). The van der Waals surface area contributed by atoms with Gasteiger partial charge in [-0.1, -0.05) is 30.3 Å². The number of hydrogen-bond donors (Lipinski definition) is 0. The third kappa shape index (κ3) is 4.77. The maximum absolute atomic E-state index is 2.51. The van der Waals surface area contributed by atoms with Crippen LogP contribution in [0.4, 0.5) is 0 Å². The summed E-state index contributed by atoms with van der Waals surface area (Å²) in [5.74, 6) is 0. The molecule has 0 amide bonds. The van der Waals surface area contributed by atoms with Crippen molar-refractivity contribution in [2.75, 3.05) is 27.2 Å². The molecule has 0 atom stereocenters. The van der Waals surface area contributed by atoms with Crippen LogP contribution in [0.5, 0.6) is 0 Å². The van der Waals surface area contributed by atoms with E-state index in [1.807, 2.05) is 0 Å². The summed E-state index contributed by atoms with van der Waals surface area (Å²) >= 11 is 0. The van der Waals surface area contributed by atoms with E-state index < -0.39 is 0 Å². The van der Waals surface area contributed by atoms with Crippen molar-refractivity contribution in [3.8, 4) is 0 Å². The third-order valence-electron chi connectivity index (χ3n) is 2.79. The molecular formula is C14H24N2. The highest BCUT2D eigenvalue weighted by atomic mass is 15.2. The van der Waals surface area contributed by atoms with E-state index >= 15 is 0 Å². The molecule has 0 saturated heterocycles. The Morgan fingerprint density at radius 3 is 2.12 bits per heavy atom. The molecule has 0 unspecified atom stereocenters. The first-order valence-electron chi connectivity index (χ1n) is 6.02. The van der Waals surface area contributed by atoms with Gasteiger partial charge < -0.3 is 4.90 Å². The maximum Gasteiger partial charge on any atom is 0.0236 e. The molecule has 0 aliphatic rings. The normalized spacial score (nSPS) is 11.7. The van der Waals surface area contributed by atoms with Gasteiger partial charge in [-0.3, -0.25) is 4.90 Å². The van der Waals surface area contributed by atoms with Gasteiger partial charge in [0.1, 0.15) is 0 Å². The zero-order valence-corrected chi connectivity index (χ0v) is 11.0. The zero-order chi connectivity index (χ0) is 12.0. The fourth-order valence-electron chi connectivity index (χ4n) is 1.67. The Morgan fingerprint density at radius 1 is 1.00 bits per heavy atom. The first-order valence-corrected chi connectivity index (χ1v) is 6.02. The lowest BCUT2D eigenvalue weighted by Gasteiger charge is -2.27. The van der Waals surface area contributed by atoms with Gasteiger partial charge in [-0.25, -0.2) is 0 Å². The van der Waals surface area contributed by atoms with E-state index in [2.05, 4.69) is 68.1 Å². The van der Waals surface area contributed by atoms with Crippen LogP contribution in [0.2, 0.25) is 0 Å². The monoisotopic (exact) mass is 220 g/mol. The van der Waals surface area contributed by atoms with E-state index in [4.69, 9.17) is 0 Å². The molecule has 0 fully saturated rings. The second-order valence-corrected chi connectivity index (χ2v) is 4.85. The first kappa shape index (κ1) is 13.2. The summed E-state index contributed by atoms with van der Waals surface area (Å²) in [6.45, 7) is 7.81. The van der Waals surface area contributed by atoms with E-state index in [9.17, 15) is 0 Å². The van der Waals surface area contributed by atoms with Crippen LogP contribution in [-0.2, 0) is 6.54 Å². The fourth-order valence-corrected chi connectivity index (χ4v) is 1.67. The van der Waals surface area contributed by atoms with Gasteiger partial charge in [0.15, 0.2) is 0 Å². The molecule has 0 saturated carbocycles. The minimum absolute atomic E-state index is 0.597. The lowest BCUT2D eigenvalue weighted by atomic mass is 10.2. The van der Waals surface area contributed by atoms with E-state index in [-0.39, 0.29) is 0 Å². The average Bonchev–Trinajstić information content (AvgIpc) is 2.25. The van der Waals surface area contributed by atoms with Crippen LogP contribution in [0.3, 0.4) is 0 Å². The smallest absolute Gasteiger partial charge is 0.0236 e. The van der Waals surface area contributed by atoms with Crippen molar-refractivity contribution in [3.05, 3.63) is 35.9 Å². The van der Waals surface area contributed by atoms with E-state index in [1.165, 1.54) is 5.56 Å². The Hall–Kier alpha value is -0.860. The molecule has 0 aliphatic heterocycles. The quantitative estimate of drug-likeness (QED) is 0.726. The van der Waals surface area contributed by atoms with Crippen molar-refractivity contribution in [1.29, 1.82) is 0 Å². The minimum atomic E-state index is 0.597. The van der Waals surface area contributed by atoms with Gasteiger partial charge in [-0.15, -0.1) is 0 Å². The summed E-state index contributed by atoms with van der Waals surface area (Å²) in [6.07, 6.45) is 0. The largest absolute Gasteiger partial charge is 0.308 e. The van der Waals surface area contributed by atoms with Crippen LogP contribution in [0.15, 0.2) is 30.3 Å². The molecule has 0 spiro atoms. The predicted molar refractivity (Wildman–Crippen MR) is 70.5 cm³/mol. The number of nitrogens with zero attached hydrogens (tertiary/aromatic N) is 2. The molecule has 0 aliphatic carbocycles. The van der Waals surface area contributed by atoms with Crippen molar-refractivity contribution >= 4 is 0 Å². The van der Waals surface area contributed by atoms with Crippen LogP contribution >= 0.6 is 0 Å². The second-order valence-electron chi connectivity index (χ2n) is 4.85. The number of benzene rings is 1. The third-order valence-corrected chi connectivity index (χ3v) is 2.79. The van der Waals surface area contributed by atoms with Gasteiger partial charge in [-0.05, 0) is 33.5 Å². The summed E-state index contributed by atoms with van der Waals surface area (Å²) in [7, 11) is 4.25. The highest BCUT2D eigenvalue weighted by Gasteiger charge is 2.09. The summed E-state index contributed by atoms with van der Waals surface area (Å²) in [5.41, 5.74) is 1.40. The summed E-state index contributed by atoms with van der Waals surface area (Å²) < 4.78 is 0. The first-order chi connectivity index (χ1) is 7.59. The van der Waals surface area contributed by atoms with Crippen molar-refractivity contribution in [1.82, 2.24) is 9.80 Å². The Kier molecular flexibility index (Phi) is 5.50. The molecule has 0 heterocycles. The molecule has 2 nitrogen and oxygen atoms in total. The van der Waals surface area contributed by atoms with Gasteiger partial charge in [0, 0.05) is 25.7 Å². The molecular weight excluding hydrogens is 196 g/mol. The second kappa shape index (κ2) is 6.66. The molecule has 0 aromatic heterocycles. The van der Waals surface area contributed by atoms with E-state index in [1.54, 1.807) is 0 Å². The number of hydrogen-bond acceptors (Lipinski definition) is 2. The molecule has 16 heavy (non-hydrogen) atoms. The standard InChI is InChI=1S/C14H24N2/c1-13(2)16(11-10-15(3)4)12-14-8-6-5-7-9-14/h5-9,13H,10-12H2,1-4H3. The fraction of sp³-hybridized carbons (Fsp3) is 0.571. The molecule has 2 heteroatoms. The molecule has 0 N–H and O–H groups in total. The van der Waals surface area contributed by atoms with E-state index in [0.717, 1.165) is 19.6 Å². The number of likely N-dealkylation sites (N-methyl/N-ethyl adjacent to an activating group) is 1. The van der Waals surface area contributed by atoms with Crippen molar-refractivity contribution < 1.29 is 0 Å². The highest BCUT2D eigenvalue weighted by molar-refractivity contribution is 5.14. The zero-order valence-electron chi connectivity index (χ0n) is 11.0. The van der Waals surface area contributed by atoms with Crippen LogP contribution in [0.1, 0.15) is 19.4 Å². The van der Waals surface area contributed by atoms with Gasteiger partial charge >= 0.3 is 0 Å². The lowest BCUT2D eigenvalue weighted by molar-refractivity contribution is 0.191. The number of rotatable bonds is 6. The van der Waals surface area contributed by atoms with Crippen LogP contribution in [0, 0.1) is 0 Å². The lowest BCUT2D eigenvalue weighted by Crippen LogP contribution is -2.36. The van der Waals surface area contributed by atoms with Gasteiger partial charge in [-0.2, -0.15) is 0 Å². The molecule has 1 aromatic rings. The Morgan fingerprint density at radius 2 is 1.62 bits per heavy atom. The molecule has 0 bridgehead atoms. The topological polar surface area (TPSA) is 6.48 Å².